The van der Waals surface area contributed by atoms with Gasteiger partial charge in [0.2, 0.25) is 0 Å². The summed E-state index contributed by atoms with van der Waals surface area (Å²) in [5.41, 5.74) is 6.19. The summed E-state index contributed by atoms with van der Waals surface area (Å²) in [5, 5.41) is 7.05. The van der Waals surface area contributed by atoms with Crippen LogP contribution in [0.25, 0.3) is 0 Å². The van der Waals surface area contributed by atoms with Crippen LogP contribution in [0, 0.1) is 11.2 Å². The zero-order valence-corrected chi connectivity index (χ0v) is 8.17. The van der Waals surface area contributed by atoms with Gasteiger partial charge in [0, 0.05) is 25.0 Å². The molecule has 0 saturated carbocycles. The molecule has 0 spiro atoms. The predicted molar refractivity (Wildman–Crippen MR) is 56.6 cm³/mol. The van der Waals surface area contributed by atoms with E-state index in [1.54, 1.807) is 13.8 Å². The zero-order chi connectivity index (χ0) is 10.7. The fourth-order valence-corrected chi connectivity index (χ4v) is 1.05. The topological polar surface area (TPSA) is 59.1 Å². The number of rotatable bonds is 3. The fourth-order valence-electron chi connectivity index (χ4n) is 1.05. The Morgan fingerprint density at radius 1 is 1.57 bits per heavy atom. The van der Waals surface area contributed by atoms with Crippen molar-refractivity contribution in [3.63, 3.8) is 0 Å². The number of hydrogen-bond donors (Lipinski definition) is 2. The van der Waals surface area contributed by atoms with Crippen molar-refractivity contribution in [2.45, 2.75) is 20.0 Å². The van der Waals surface area contributed by atoms with Crippen molar-refractivity contribution in [3.8, 4) is 5.75 Å². The number of nitrogens with two attached hydrogens (primary N) is 1. The lowest BCUT2D eigenvalue weighted by molar-refractivity contribution is 0.231. The first-order chi connectivity index (χ1) is 6.54. The van der Waals surface area contributed by atoms with Crippen molar-refractivity contribution >= 4 is 11.9 Å². The Hall–Kier alpha value is -1.58. The Morgan fingerprint density at radius 3 is 2.71 bits per heavy atom. The smallest absolute Gasteiger partial charge is 0.167 e. The minimum absolute atomic E-state index is 0. The highest BCUT2D eigenvalue weighted by Gasteiger charge is 2.08. The van der Waals surface area contributed by atoms with Crippen LogP contribution in [-0.4, -0.2) is 12.3 Å². The first-order valence-corrected chi connectivity index (χ1v) is 4.30. The van der Waals surface area contributed by atoms with Crippen LogP contribution in [-0.2, 0) is 0 Å². The summed E-state index contributed by atoms with van der Waals surface area (Å²) in [6.07, 6.45) is 0.966. The van der Waals surface area contributed by atoms with Gasteiger partial charge in [-0.1, -0.05) is 0 Å². The molecular weight excluding hydrogens is 183 g/mol. The summed E-state index contributed by atoms with van der Waals surface area (Å²) in [6.45, 7) is 3.61. The zero-order valence-electron chi connectivity index (χ0n) is 8.17. The number of ether oxygens (including phenoxy) is 1. The monoisotopic (exact) mass is 198 g/mol. The van der Waals surface area contributed by atoms with E-state index < -0.39 is 5.82 Å². The molecule has 0 radical (unpaired) electrons. The predicted octanol–water partition coefficient (Wildman–Crippen LogP) is 2.44. The second kappa shape index (κ2) is 4.09. The average Bonchev–Trinajstić information content (AvgIpc) is 2.09. The molecule has 0 fully saturated rings. The molecular formula is C10H15FN2O. The maximum absolute atomic E-state index is 13.2. The van der Waals surface area contributed by atoms with Gasteiger partial charge in [-0.3, -0.25) is 0 Å². The molecule has 0 aliphatic heterocycles. The summed E-state index contributed by atoms with van der Waals surface area (Å²) in [4.78, 5) is 0. The van der Waals surface area contributed by atoms with Gasteiger partial charge in [0.05, 0.1) is 6.10 Å². The normalized spacial score (nSPS) is 10.3. The molecule has 78 valence electrons. The summed E-state index contributed by atoms with van der Waals surface area (Å²) >= 11 is 0. The molecule has 1 aromatic carbocycles. The maximum Gasteiger partial charge on any atom is 0.167 e. The average molecular weight is 198 g/mol. The highest BCUT2D eigenvalue weighted by Crippen LogP contribution is 2.23. The van der Waals surface area contributed by atoms with Gasteiger partial charge in [-0.15, -0.1) is 0 Å². The van der Waals surface area contributed by atoms with Gasteiger partial charge in [-0.25, -0.2) is 4.39 Å². The van der Waals surface area contributed by atoms with Gasteiger partial charge in [0.1, 0.15) is 0 Å². The molecule has 0 amide bonds. The molecule has 0 heterocycles. The van der Waals surface area contributed by atoms with Crippen molar-refractivity contribution in [2.24, 2.45) is 0 Å². The molecule has 3 nitrogen and oxygen atoms in total. The van der Waals surface area contributed by atoms with Crippen LogP contribution in [0.2, 0.25) is 0 Å². The maximum atomic E-state index is 13.2. The summed E-state index contributed by atoms with van der Waals surface area (Å²) in [7, 11) is 0. The quantitative estimate of drug-likeness (QED) is 0.579. The molecule has 1 rings (SSSR count). The Kier molecular flexibility index (Phi) is 3.06. The van der Waals surface area contributed by atoms with E-state index in [0.29, 0.717) is 5.56 Å². The van der Waals surface area contributed by atoms with Crippen LogP contribution in [0.15, 0.2) is 12.1 Å². The molecule has 4 heteroatoms. The Balaban J connectivity index is 0.00000196. The number of hydrogen-bond acceptors (Lipinski definition) is 3. The first-order valence-electron chi connectivity index (χ1n) is 4.30. The van der Waals surface area contributed by atoms with E-state index in [4.69, 9.17) is 15.9 Å². The third-order valence-corrected chi connectivity index (χ3v) is 1.66. The van der Waals surface area contributed by atoms with E-state index in [1.165, 1.54) is 6.07 Å². The Bertz CT molecular complexity index is 356. The number of halogens is 1. The number of nitrogen functional groups attached to an aromatic ring is 1. The molecule has 14 heavy (non-hydrogen) atoms. The van der Waals surface area contributed by atoms with Crippen LogP contribution < -0.4 is 10.5 Å². The third-order valence-electron chi connectivity index (χ3n) is 1.66. The van der Waals surface area contributed by atoms with E-state index >= 15 is 0 Å². The Labute approximate surface area is 83.7 Å². The molecule has 1 aromatic rings. The van der Waals surface area contributed by atoms with Crippen molar-refractivity contribution in [1.82, 2.24) is 0 Å². The van der Waals surface area contributed by atoms with Crippen LogP contribution in [0.4, 0.5) is 10.1 Å². The molecule has 0 bridgehead atoms. The van der Waals surface area contributed by atoms with E-state index in [2.05, 4.69) is 0 Å². The molecule has 0 aliphatic carbocycles. The van der Waals surface area contributed by atoms with Crippen LogP contribution in [0.5, 0.6) is 5.75 Å². The van der Waals surface area contributed by atoms with Crippen LogP contribution >= 0.6 is 0 Å². The third kappa shape index (κ3) is 2.22. The van der Waals surface area contributed by atoms with Crippen molar-refractivity contribution in [3.05, 3.63) is 23.5 Å². The van der Waals surface area contributed by atoms with Gasteiger partial charge in [-0.05, 0) is 19.9 Å². The van der Waals surface area contributed by atoms with Gasteiger partial charge in [0.15, 0.2) is 11.6 Å². The highest BCUT2D eigenvalue weighted by atomic mass is 19.1. The number of anilines is 1. The molecule has 0 aliphatic rings. The first kappa shape index (κ1) is 10.5. The van der Waals surface area contributed by atoms with Crippen LogP contribution in [0.3, 0.4) is 0 Å². The minimum atomic E-state index is -0.498. The van der Waals surface area contributed by atoms with Gasteiger partial charge in [0.25, 0.3) is 0 Å². The number of benzene rings is 1. The van der Waals surface area contributed by atoms with Crippen LogP contribution in [0.1, 0.15) is 20.8 Å². The van der Waals surface area contributed by atoms with Crippen molar-refractivity contribution in [1.29, 1.82) is 5.41 Å². The fraction of sp³-hybridized carbons (Fsp3) is 0.300. The molecule has 0 aromatic heterocycles. The Morgan fingerprint density at radius 2 is 2.21 bits per heavy atom. The molecule has 0 saturated heterocycles. The van der Waals surface area contributed by atoms with E-state index in [0.717, 1.165) is 12.3 Å². The highest BCUT2D eigenvalue weighted by molar-refractivity contribution is 5.85. The van der Waals surface area contributed by atoms with E-state index in [1.807, 2.05) is 0 Å². The largest absolute Gasteiger partial charge is 0.488 e. The lowest BCUT2D eigenvalue weighted by Gasteiger charge is -2.12. The molecule has 0 unspecified atom stereocenters. The van der Waals surface area contributed by atoms with Crippen molar-refractivity contribution in [2.75, 3.05) is 5.73 Å². The standard InChI is InChI=1S/C10H13FN2O.H2/c1-6(2)14-10-3-7(5-12)9(13)4-8(10)11;/h3-6,12H,13H2,1-2H3;1H. The van der Waals surface area contributed by atoms with Crippen molar-refractivity contribution < 1.29 is 10.6 Å². The van der Waals surface area contributed by atoms with Gasteiger partial charge in [-0.2, -0.15) is 0 Å². The van der Waals surface area contributed by atoms with E-state index in [-0.39, 0.29) is 19.0 Å². The minimum Gasteiger partial charge on any atom is -0.488 e. The summed E-state index contributed by atoms with van der Waals surface area (Å²) < 4.78 is 18.5. The van der Waals surface area contributed by atoms with E-state index in [9.17, 15) is 4.39 Å². The second-order valence-corrected chi connectivity index (χ2v) is 3.22. The summed E-state index contributed by atoms with van der Waals surface area (Å²) in [5.74, 6) is -0.366. The van der Waals surface area contributed by atoms with Gasteiger partial charge >= 0.3 is 0 Å². The SMILES string of the molecule is CC(C)Oc1cc(C=N)c(N)cc1F.[HH]. The van der Waals surface area contributed by atoms with Gasteiger partial charge < -0.3 is 15.9 Å². The lowest BCUT2D eigenvalue weighted by Crippen LogP contribution is -2.08. The summed E-state index contributed by atoms with van der Waals surface area (Å²) in [6, 6.07) is 2.59. The second-order valence-electron chi connectivity index (χ2n) is 3.22. The molecule has 3 N–H and O–H groups in total. The molecule has 0 atom stereocenters. The number of nitrogens with one attached hydrogen (secondary N) is 1. The lowest BCUT2D eigenvalue weighted by atomic mass is 10.2.